The smallest absolute Gasteiger partial charge is 0.0640 e. The van der Waals surface area contributed by atoms with Gasteiger partial charge >= 0.3 is 0 Å². The van der Waals surface area contributed by atoms with Crippen LogP contribution in [0, 0.1) is 0 Å². The second-order valence-electron chi connectivity index (χ2n) is 6.12. The molecule has 0 aliphatic carbocycles. The van der Waals surface area contributed by atoms with E-state index >= 15 is 0 Å². The van der Waals surface area contributed by atoms with Gasteiger partial charge in [-0.25, -0.2) is 0 Å². The molecule has 1 aromatic heterocycles. The topological polar surface area (TPSA) is 29.9 Å². The number of likely N-dealkylation sites (N-methyl/N-ethyl adjacent to an activating group) is 1. The summed E-state index contributed by atoms with van der Waals surface area (Å²) < 4.78 is 2.48. The summed E-state index contributed by atoms with van der Waals surface area (Å²) in [6.45, 7) is 10.1. The van der Waals surface area contributed by atoms with Crippen molar-refractivity contribution in [3.63, 3.8) is 0 Å². The molecule has 1 N–H and O–H groups in total. The van der Waals surface area contributed by atoms with Crippen molar-refractivity contribution < 1.29 is 0 Å². The molecule has 1 fully saturated rings. The summed E-state index contributed by atoms with van der Waals surface area (Å²) in [4.78, 5) is 0. The lowest BCUT2D eigenvalue weighted by atomic mass is 9.92. The number of rotatable bonds is 7. The van der Waals surface area contributed by atoms with Gasteiger partial charge < -0.3 is 5.32 Å². The quantitative estimate of drug-likeness (QED) is 0.832. The average molecular weight is 295 g/mol. The maximum absolute atomic E-state index is 4.77. The van der Waals surface area contributed by atoms with Crippen molar-refractivity contribution in [1.82, 2.24) is 15.1 Å². The van der Waals surface area contributed by atoms with Gasteiger partial charge in [-0.05, 0) is 51.5 Å². The van der Waals surface area contributed by atoms with E-state index in [9.17, 15) is 0 Å². The fourth-order valence-electron chi connectivity index (χ4n) is 2.95. The van der Waals surface area contributed by atoms with Gasteiger partial charge in [-0.15, -0.1) is 0 Å². The van der Waals surface area contributed by atoms with Crippen LogP contribution in [0.3, 0.4) is 0 Å². The Morgan fingerprint density at radius 1 is 1.50 bits per heavy atom. The molecule has 0 amide bonds. The van der Waals surface area contributed by atoms with Gasteiger partial charge in [0.15, 0.2) is 0 Å². The third kappa shape index (κ3) is 3.59. The molecule has 1 saturated heterocycles. The molecule has 3 unspecified atom stereocenters. The van der Waals surface area contributed by atoms with E-state index in [4.69, 9.17) is 5.10 Å². The third-order valence-electron chi connectivity index (χ3n) is 4.56. The van der Waals surface area contributed by atoms with Gasteiger partial charge in [0.2, 0.25) is 0 Å². The predicted octanol–water partition coefficient (Wildman–Crippen LogP) is 3.66. The molecule has 1 aliphatic heterocycles. The monoisotopic (exact) mass is 295 g/mol. The van der Waals surface area contributed by atoms with Crippen LogP contribution in [0.25, 0.3) is 0 Å². The van der Waals surface area contributed by atoms with Crippen LogP contribution in [-0.4, -0.2) is 32.9 Å². The molecule has 2 rings (SSSR count). The Hall–Kier alpha value is -0.480. The predicted molar refractivity (Wildman–Crippen MR) is 88.5 cm³/mol. The summed E-state index contributed by atoms with van der Waals surface area (Å²) in [5, 5.41) is 8.47. The van der Waals surface area contributed by atoms with Gasteiger partial charge in [0.05, 0.1) is 5.69 Å². The number of hydrogen-bond acceptors (Lipinski definition) is 3. The van der Waals surface area contributed by atoms with Gasteiger partial charge in [0, 0.05) is 29.4 Å². The Bertz CT molecular complexity index is 410. The minimum absolute atomic E-state index is 0.371. The van der Waals surface area contributed by atoms with Crippen molar-refractivity contribution in [1.29, 1.82) is 0 Å². The van der Waals surface area contributed by atoms with E-state index < -0.39 is 0 Å². The molecule has 1 aromatic rings. The second kappa shape index (κ2) is 6.99. The first kappa shape index (κ1) is 15.9. The largest absolute Gasteiger partial charge is 0.312 e. The first-order valence-electron chi connectivity index (χ1n) is 8.00. The number of nitrogens with one attached hydrogen (secondary N) is 1. The highest BCUT2D eigenvalue weighted by atomic mass is 32.2. The molecule has 20 heavy (non-hydrogen) atoms. The van der Waals surface area contributed by atoms with Crippen LogP contribution in [0.5, 0.6) is 0 Å². The Balaban J connectivity index is 2.06. The highest BCUT2D eigenvalue weighted by Gasteiger charge is 2.37. The number of nitrogens with zero attached hydrogens (tertiary/aromatic N) is 2. The van der Waals surface area contributed by atoms with E-state index in [-0.39, 0.29) is 0 Å². The maximum atomic E-state index is 4.77. The summed E-state index contributed by atoms with van der Waals surface area (Å²) >= 11 is 2.13. The van der Waals surface area contributed by atoms with Crippen LogP contribution in [0.4, 0.5) is 0 Å². The fraction of sp³-hybridized carbons (Fsp3) is 0.812. The number of aromatic nitrogens is 2. The highest BCUT2D eigenvalue weighted by Crippen LogP contribution is 2.41. The van der Waals surface area contributed by atoms with Gasteiger partial charge in [-0.3, -0.25) is 4.68 Å². The molecule has 114 valence electrons. The molecular weight excluding hydrogens is 266 g/mol. The van der Waals surface area contributed by atoms with Crippen molar-refractivity contribution in [2.45, 2.75) is 70.2 Å². The van der Waals surface area contributed by atoms with Crippen molar-refractivity contribution in [3.8, 4) is 0 Å². The van der Waals surface area contributed by atoms with E-state index in [0.29, 0.717) is 16.8 Å². The van der Waals surface area contributed by atoms with Crippen LogP contribution in [0.1, 0.15) is 58.7 Å². The Labute approximate surface area is 127 Å². The normalized spacial score (nSPS) is 25.8. The summed E-state index contributed by atoms with van der Waals surface area (Å²) in [5.74, 6) is 1.31. The molecular formula is C16H29N3S. The molecule has 0 saturated carbocycles. The van der Waals surface area contributed by atoms with Crippen LogP contribution in [-0.2, 0) is 6.42 Å². The summed E-state index contributed by atoms with van der Waals surface area (Å²) in [7, 11) is 0. The Morgan fingerprint density at radius 3 is 2.90 bits per heavy atom. The van der Waals surface area contributed by atoms with Crippen molar-refractivity contribution >= 4 is 11.8 Å². The van der Waals surface area contributed by atoms with Crippen LogP contribution < -0.4 is 5.32 Å². The molecule has 4 heteroatoms. The zero-order chi connectivity index (χ0) is 14.6. The summed E-state index contributed by atoms with van der Waals surface area (Å²) in [6, 6.07) is 3.22. The Kier molecular flexibility index (Phi) is 5.56. The number of hydrogen-bond donors (Lipinski definition) is 1. The molecule has 2 heterocycles. The lowest BCUT2D eigenvalue weighted by Gasteiger charge is -2.33. The summed E-state index contributed by atoms with van der Waals surface area (Å²) in [5.41, 5.74) is 1.23. The van der Waals surface area contributed by atoms with Gasteiger partial charge in [0.1, 0.15) is 0 Å². The average Bonchev–Trinajstić information content (AvgIpc) is 3.07. The third-order valence-corrected chi connectivity index (χ3v) is 6.20. The fourth-order valence-corrected chi connectivity index (χ4v) is 4.37. The zero-order valence-electron chi connectivity index (χ0n) is 13.4. The molecule has 0 bridgehead atoms. The standard InChI is InChI=1S/C16H29N3S/c1-5-13(3)19-10-8-14(18-19)12-15(17-6-2)16(4)9-7-11-20-16/h8,10,13,15,17H,5-7,9,11-12H2,1-4H3. The lowest BCUT2D eigenvalue weighted by Crippen LogP contribution is -2.46. The molecule has 0 radical (unpaired) electrons. The van der Waals surface area contributed by atoms with Gasteiger partial charge in [-0.2, -0.15) is 16.9 Å². The van der Waals surface area contributed by atoms with Crippen molar-refractivity contribution in [2.75, 3.05) is 12.3 Å². The summed E-state index contributed by atoms with van der Waals surface area (Å²) in [6.07, 6.45) is 6.98. The van der Waals surface area contributed by atoms with Gasteiger partial charge in [-0.1, -0.05) is 13.8 Å². The minimum atomic E-state index is 0.371. The van der Waals surface area contributed by atoms with E-state index in [1.807, 2.05) is 0 Å². The van der Waals surface area contributed by atoms with E-state index in [2.05, 4.69) is 61.7 Å². The van der Waals surface area contributed by atoms with Crippen molar-refractivity contribution in [3.05, 3.63) is 18.0 Å². The Morgan fingerprint density at radius 2 is 2.30 bits per heavy atom. The van der Waals surface area contributed by atoms with E-state index in [1.54, 1.807) is 0 Å². The number of thioether (sulfide) groups is 1. The highest BCUT2D eigenvalue weighted by molar-refractivity contribution is 8.00. The first-order chi connectivity index (χ1) is 9.59. The molecule has 0 aromatic carbocycles. The maximum Gasteiger partial charge on any atom is 0.0640 e. The molecule has 1 aliphatic rings. The molecule has 0 spiro atoms. The lowest BCUT2D eigenvalue weighted by molar-refractivity contribution is 0.399. The molecule has 3 atom stereocenters. The van der Waals surface area contributed by atoms with Crippen LogP contribution >= 0.6 is 11.8 Å². The van der Waals surface area contributed by atoms with Crippen molar-refractivity contribution in [2.24, 2.45) is 0 Å². The van der Waals surface area contributed by atoms with Crippen LogP contribution in [0.2, 0.25) is 0 Å². The van der Waals surface area contributed by atoms with Crippen LogP contribution in [0.15, 0.2) is 12.3 Å². The zero-order valence-corrected chi connectivity index (χ0v) is 14.2. The van der Waals surface area contributed by atoms with E-state index in [0.717, 1.165) is 19.4 Å². The SMILES string of the molecule is CCNC(Cc1ccn(C(C)CC)n1)C1(C)CCCS1. The van der Waals surface area contributed by atoms with E-state index in [1.165, 1.54) is 24.3 Å². The minimum Gasteiger partial charge on any atom is -0.312 e. The second-order valence-corrected chi connectivity index (χ2v) is 7.75. The first-order valence-corrected chi connectivity index (χ1v) is 8.99. The van der Waals surface area contributed by atoms with Gasteiger partial charge in [0.25, 0.3) is 0 Å². The molecule has 3 nitrogen and oxygen atoms in total.